The van der Waals surface area contributed by atoms with Gasteiger partial charge in [-0.2, -0.15) is 0 Å². The Morgan fingerprint density at radius 2 is 2.26 bits per heavy atom. The van der Waals surface area contributed by atoms with Crippen LogP contribution >= 0.6 is 0 Å². The van der Waals surface area contributed by atoms with Gasteiger partial charge in [0.25, 0.3) is 5.69 Å². The smallest absolute Gasteiger partial charge is 0.275 e. The molecule has 1 aliphatic heterocycles. The fourth-order valence-electron chi connectivity index (χ4n) is 2.27. The lowest BCUT2D eigenvalue weighted by Crippen LogP contribution is -2.30. The van der Waals surface area contributed by atoms with Gasteiger partial charge in [0.1, 0.15) is 5.75 Å². The fourth-order valence-corrected chi connectivity index (χ4v) is 2.27. The van der Waals surface area contributed by atoms with Crippen molar-refractivity contribution < 1.29 is 9.66 Å². The van der Waals surface area contributed by atoms with E-state index in [1.165, 1.54) is 19.6 Å². The van der Waals surface area contributed by atoms with Crippen molar-refractivity contribution in [3.05, 3.63) is 28.3 Å². The number of hydrogen-bond acceptors (Lipinski definition) is 5. The van der Waals surface area contributed by atoms with Gasteiger partial charge in [0.15, 0.2) is 0 Å². The average Bonchev–Trinajstić information content (AvgIpc) is 2.67. The molecule has 1 aromatic carbocycles. The Morgan fingerprint density at radius 1 is 1.42 bits per heavy atom. The summed E-state index contributed by atoms with van der Waals surface area (Å²) >= 11 is 0. The zero-order valence-corrected chi connectivity index (χ0v) is 11.0. The van der Waals surface area contributed by atoms with E-state index < -0.39 is 4.92 Å². The maximum atomic E-state index is 10.9. The quantitative estimate of drug-likeness (QED) is 0.644. The van der Waals surface area contributed by atoms with Crippen LogP contribution in [0.15, 0.2) is 18.2 Å². The second kappa shape index (κ2) is 6.38. The van der Waals surface area contributed by atoms with E-state index in [4.69, 9.17) is 4.74 Å². The third-order valence-corrected chi connectivity index (χ3v) is 3.26. The van der Waals surface area contributed by atoms with Crippen molar-refractivity contribution in [2.75, 3.05) is 25.5 Å². The number of benzene rings is 1. The van der Waals surface area contributed by atoms with Gasteiger partial charge in [-0.05, 0) is 19.4 Å². The third-order valence-electron chi connectivity index (χ3n) is 3.26. The van der Waals surface area contributed by atoms with Gasteiger partial charge in [0, 0.05) is 30.4 Å². The molecule has 0 amide bonds. The fraction of sp³-hybridized carbons (Fsp3) is 0.538. The second-order valence-corrected chi connectivity index (χ2v) is 4.72. The summed E-state index contributed by atoms with van der Waals surface area (Å²) in [7, 11) is 1.51. The minimum atomic E-state index is -0.404. The van der Waals surface area contributed by atoms with Gasteiger partial charge in [0.2, 0.25) is 0 Å². The number of hydrogen-bond donors (Lipinski definition) is 2. The second-order valence-electron chi connectivity index (χ2n) is 4.72. The summed E-state index contributed by atoms with van der Waals surface area (Å²) in [6.07, 6.45) is 3.41. The Kier molecular flexibility index (Phi) is 4.57. The molecule has 1 fully saturated rings. The summed E-state index contributed by atoms with van der Waals surface area (Å²) in [6.45, 7) is 1.92. The molecule has 1 unspecified atom stereocenters. The molecule has 2 rings (SSSR count). The van der Waals surface area contributed by atoms with Crippen molar-refractivity contribution in [1.29, 1.82) is 0 Å². The van der Waals surface area contributed by atoms with Gasteiger partial charge < -0.3 is 15.4 Å². The molecule has 6 heteroatoms. The third kappa shape index (κ3) is 3.82. The van der Waals surface area contributed by atoms with E-state index in [0.29, 0.717) is 11.8 Å². The normalized spacial score (nSPS) is 19.5. The highest BCUT2D eigenvalue weighted by Gasteiger charge is 2.15. The highest BCUT2D eigenvalue weighted by atomic mass is 16.6. The molecule has 1 saturated heterocycles. The number of nitro benzene ring substituents is 1. The molecule has 1 aliphatic rings. The highest BCUT2D eigenvalue weighted by molar-refractivity contribution is 5.56. The molecule has 1 atom stereocenters. The number of methoxy groups -OCH3 is 1. The lowest BCUT2D eigenvalue weighted by Gasteiger charge is -2.18. The van der Waals surface area contributed by atoms with Crippen LogP contribution in [0.5, 0.6) is 5.75 Å². The lowest BCUT2D eigenvalue weighted by atomic mass is 10.1. The van der Waals surface area contributed by atoms with Crippen molar-refractivity contribution in [3.63, 3.8) is 0 Å². The lowest BCUT2D eigenvalue weighted by molar-refractivity contribution is -0.384. The molecule has 1 aromatic rings. The summed E-state index contributed by atoms with van der Waals surface area (Å²) in [4.78, 5) is 10.5. The first-order valence-corrected chi connectivity index (χ1v) is 6.50. The van der Waals surface area contributed by atoms with Crippen molar-refractivity contribution in [2.45, 2.75) is 25.3 Å². The number of nitro groups is 1. The van der Waals surface area contributed by atoms with E-state index in [1.54, 1.807) is 12.1 Å². The molecule has 0 radical (unpaired) electrons. The molecule has 0 saturated carbocycles. The molecule has 0 bridgehead atoms. The number of non-ortho nitro benzene ring substituents is 1. The summed E-state index contributed by atoms with van der Waals surface area (Å²) < 4.78 is 5.10. The van der Waals surface area contributed by atoms with E-state index in [-0.39, 0.29) is 5.69 Å². The van der Waals surface area contributed by atoms with Gasteiger partial charge in [-0.1, -0.05) is 6.42 Å². The zero-order chi connectivity index (χ0) is 13.7. The Balaban J connectivity index is 2.13. The Bertz CT molecular complexity index is 443. The van der Waals surface area contributed by atoms with E-state index >= 15 is 0 Å². The van der Waals surface area contributed by atoms with E-state index in [2.05, 4.69) is 10.6 Å². The topological polar surface area (TPSA) is 76.4 Å². The number of rotatable bonds is 4. The predicted octanol–water partition coefficient (Wildman–Crippen LogP) is 2.16. The minimum Gasteiger partial charge on any atom is -0.496 e. The molecule has 0 spiro atoms. The van der Waals surface area contributed by atoms with Crippen LogP contribution in [-0.2, 0) is 0 Å². The molecule has 104 valence electrons. The van der Waals surface area contributed by atoms with Crippen LogP contribution in [0.4, 0.5) is 11.4 Å². The first-order chi connectivity index (χ1) is 9.19. The number of anilines is 1. The van der Waals surface area contributed by atoms with Crippen molar-refractivity contribution in [1.82, 2.24) is 5.32 Å². The van der Waals surface area contributed by atoms with Crippen LogP contribution in [0, 0.1) is 10.1 Å². The van der Waals surface area contributed by atoms with Crippen molar-refractivity contribution >= 4 is 11.4 Å². The summed E-state index contributed by atoms with van der Waals surface area (Å²) in [5.74, 6) is 0.498. The first-order valence-electron chi connectivity index (χ1n) is 6.50. The van der Waals surface area contributed by atoms with Gasteiger partial charge in [0.05, 0.1) is 18.1 Å². The SMILES string of the molecule is COc1cc(NC2CCCCNC2)cc([N+](=O)[O-])c1. The molecule has 0 aliphatic carbocycles. The minimum absolute atomic E-state index is 0.0448. The van der Waals surface area contributed by atoms with Crippen molar-refractivity contribution in [2.24, 2.45) is 0 Å². The van der Waals surface area contributed by atoms with Gasteiger partial charge in [-0.3, -0.25) is 10.1 Å². The van der Waals surface area contributed by atoms with Crippen LogP contribution < -0.4 is 15.4 Å². The summed E-state index contributed by atoms with van der Waals surface area (Å²) in [5, 5.41) is 17.6. The van der Waals surface area contributed by atoms with E-state index in [9.17, 15) is 10.1 Å². The summed E-state index contributed by atoms with van der Waals surface area (Å²) in [5.41, 5.74) is 0.781. The Hall–Kier alpha value is -1.82. The van der Waals surface area contributed by atoms with Crippen molar-refractivity contribution in [3.8, 4) is 5.75 Å². The van der Waals surface area contributed by atoms with Crippen LogP contribution in [0.2, 0.25) is 0 Å². The van der Waals surface area contributed by atoms with Gasteiger partial charge in [-0.15, -0.1) is 0 Å². The molecular formula is C13H19N3O3. The maximum absolute atomic E-state index is 10.9. The van der Waals surface area contributed by atoms with Crippen LogP contribution in [0.25, 0.3) is 0 Å². The summed E-state index contributed by atoms with van der Waals surface area (Å²) in [6, 6.07) is 5.07. The Labute approximate surface area is 112 Å². The maximum Gasteiger partial charge on any atom is 0.275 e. The predicted molar refractivity (Wildman–Crippen MR) is 73.8 cm³/mol. The van der Waals surface area contributed by atoms with Gasteiger partial charge in [-0.25, -0.2) is 0 Å². The zero-order valence-electron chi connectivity index (χ0n) is 11.0. The molecule has 1 heterocycles. The highest BCUT2D eigenvalue weighted by Crippen LogP contribution is 2.26. The van der Waals surface area contributed by atoms with E-state index in [0.717, 1.165) is 31.6 Å². The number of nitrogens with zero attached hydrogens (tertiary/aromatic N) is 1. The first kappa shape index (κ1) is 13.6. The molecule has 19 heavy (non-hydrogen) atoms. The molecule has 0 aromatic heterocycles. The largest absolute Gasteiger partial charge is 0.496 e. The van der Waals surface area contributed by atoms with E-state index in [1.807, 2.05) is 0 Å². The monoisotopic (exact) mass is 265 g/mol. The molecular weight excluding hydrogens is 246 g/mol. The van der Waals surface area contributed by atoms with Crippen LogP contribution in [0.1, 0.15) is 19.3 Å². The van der Waals surface area contributed by atoms with Crippen LogP contribution in [-0.4, -0.2) is 31.2 Å². The standard InChI is InChI=1S/C13H19N3O3/c1-19-13-7-11(6-12(8-13)16(17)18)15-10-4-2-3-5-14-9-10/h6-8,10,14-15H,2-5,9H2,1H3. The number of ether oxygens (including phenoxy) is 1. The Morgan fingerprint density at radius 3 is 3.00 bits per heavy atom. The molecule has 2 N–H and O–H groups in total. The number of nitrogens with one attached hydrogen (secondary N) is 2. The average molecular weight is 265 g/mol. The van der Waals surface area contributed by atoms with Crippen LogP contribution in [0.3, 0.4) is 0 Å². The van der Waals surface area contributed by atoms with Gasteiger partial charge >= 0.3 is 0 Å². The molecule has 6 nitrogen and oxygen atoms in total.